The van der Waals surface area contributed by atoms with E-state index in [1.165, 1.54) is 4.31 Å². The number of hydrogen-bond acceptors (Lipinski definition) is 5. The van der Waals surface area contributed by atoms with Crippen molar-refractivity contribution in [1.82, 2.24) is 4.31 Å². The predicted molar refractivity (Wildman–Crippen MR) is 137 cm³/mol. The number of benzene rings is 3. The van der Waals surface area contributed by atoms with Crippen LogP contribution in [0.3, 0.4) is 0 Å². The Labute approximate surface area is 207 Å². The Morgan fingerprint density at radius 1 is 0.914 bits per heavy atom. The van der Waals surface area contributed by atoms with Crippen LogP contribution in [-0.4, -0.2) is 47.1 Å². The minimum atomic E-state index is -3.67. The lowest BCUT2D eigenvalue weighted by Gasteiger charge is -2.29. The predicted octanol–water partition coefficient (Wildman–Crippen LogP) is 5.03. The van der Waals surface area contributed by atoms with E-state index in [2.05, 4.69) is 6.58 Å². The molecule has 0 aliphatic carbocycles. The summed E-state index contributed by atoms with van der Waals surface area (Å²) >= 11 is 0. The maximum atomic E-state index is 13.5. The summed E-state index contributed by atoms with van der Waals surface area (Å²) in [6.45, 7) is 6.80. The zero-order valence-corrected chi connectivity index (χ0v) is 21.3. The van der Waals surface area contributed by atoms with Gasteiger partial charge in [-0.2, -0.15) is 4.31 Å². The Bertz CT molecular complexity index is 1280. The third-order valence-corrected chi connectivity index (χ3v) is 8.41. The molecule has 0 amide bonds. The summed E-state index contributed by atoms with van der Waals surface area (Å²) in [5, 5.41) is 0. The Morgan fingerprint density at radius 3 is 2.06 bits per heavy atom. The fourth-order valence-electron chi connectivity index (χ4n) is 4.74. The van der Waals surface area contributed by atoms with E-state index in [1.54, 1.807) is 33.5 Å². The molecular formula is C28H31NO5S. The van der Waals surface area contributed by atoms with Gasteiger partial charge in [0, 0.05) is 42.6 Å². The van der Waals surface area contributed by atoms with Crippen molar-refractivity contribution in [3.63, 3.8) is 0 Å². The van der Waals surface area contributed by atoms with Gasteiger partial charge in [-0.25, -0.2) is 8.42 Å². The smallest absolute Gasteiger partial charge is 0.243 e. The Hall–Kier alpha value is -3.29. The van der Waals surface area contributed by atoms with Crippen LogP contribution in [0.15, 0.2) is 83.8 Å². The average Bonchev–Trinajstić information content (AvgIpc) is 3.27. The number of hydrogen-bond donors (Lipinski definition) is 0. The first-order valence-corrected chi connectivity index (χ1v) is 12.8. The molecule has 1 aliphatic rings. The molecule has 1 fully saturated rings. The second-order valence-corrected chi connectivity index (χ2v) is 10.6. The lowest BCUT2D eigenvalue weighted by atomic mass is 9.77. The molecule has 1 heterocycles. The molecule has 0 spiro atoms. The molecule has 2 atom stereocenters. The normalized spacial score (nSPS) is 17.3. The first-order chi connectivity index (χ1) is 16.8. The molecule has 6 nitrogen and oxygen atoms in total. The van der Waals surface area contributed by atoms with Crippen molar-refractivity contribution >= 4 is 10.0 Å². The summed E-state index contributed by atoms with van der Waals surface area (Å²) in [6, 6.07) is 20.6. The quantitative estimate of drug-likeness (QED) is 0.412. The highest BCUT2D eigenvalue weighted by atomic mass is 32.2. The van der Waals surface area contributed by atoms with E-state index in [9.17, 15) is 8.42 Å². The summed E-state index contributed by atoms with van der Waals surface area (Å²) in [5.74, 6) is 1.42. The Balaban J connectivity index is 1.81. The number of sulfonamides is 1. The second-order valence-electron chi connectivity index (χ2n) is 8.71. The summed E-state index contributed by atoms with van der Waals surface area (Å²) in [7, 11) is 1.14. The van der Waals surface area contributed by atoms with Crippen LogP contribution < -0.4 is 14.2 Å². The van der Waals surface area contributed by atoms with Crippen molar-refractivity contribution < 1.29 is 22.6 Å². The van der Waals surface area contributed by atoms with Crippen molar-refractivity contribution in [2.75, 3.05) is 34.4 Å². The highest BCUT2D eigenvalue weighted by molar-refractivity contribution is 7.89. The van der Waals surface area contributed by atoms with Gasteiger partial charge in [0.25, 0.3) is 0 Å². The molecular weight excluding hydrogens is 462 g/mol. The third kappa shape index (κ3) is 4.79. The van der Waals surface area contributed by atoms with Gasteiger partial charge >= 0.3 is 0 Å². The molecule has 35 heavy (non-hydrogen) atoms. The van der Waals surface area contributed by atoms with Crippen molar-refractivity contribution in [2.24, 2.45) is 5.92 Å². The summed E-state index contributed by atoms with van der Waals surface area (Å²) in [5.41, 5.74) is 3.71. The topological polar surface area (TPSA) is 65.1 Å². The Kier molecular flexibility index (Phi) is 7.19. The molecule has 3 aromatic carbocycles. The van der Waals surface area contributed by atoms with Crippen molar-refractivity contribution in [1.29, 1.82) is 0 Å². The van der Waals surface area contributed by atoms with Crippen LogP contribution in [0.4, 0.5) is 0 Å². The number of methoxy groups -OCH3 is 3. The van der Waals surface area contributed by atoms with E-state index in [4.69, 9.17) is 14.2 Å². The van der Waals surface area contributed by atoms with Gasteiger partial charge in [0.15, 0.2) is 0 Å². The van der Waals surface area contributed by atoms with Gasteiger partial charge in [-0.3, -0.25) is 0 Å². The molecule has 0 aromatic heterocycles. The van der Waals surface area contributed by atoms with Gasteiger partial charge in [0.05, 0.1) is 26.2 Å². The first-order valence-electron chi connectivity index (χ1n) is 11.4. The number of rotatable bonds is 8. The zero-order valence-electron chi connectivity index (χ0n) is 20.5. The minimum Gasteiger partial charge on any atom is -0.496 e. The average molecular weight is 494 g/mol. The van der Waals surface area contributed by atoms with Crippen molar-refractivity contribution in [3.8, 4) is 17.2 Å². The third-order valence-electron chi connectivity index (χ3n) is 6.59. The molecule has 7 heteroatoms. The molecule has 1 aliphatic heterocycles. The van der Waals surface area contributed by atoms with Crippen LogP contribution >= 0.6 is 0 Å². The molecule has 0 radical (unpaired) electrons. The molecule has 0 saturated carbocycles. The molecule has 1 saturated heterocycles. The van der Waals surface area contributed by atoms with E-state index < -0.39 is 10.0 Å². The standard InChI is InChI=1S/C28H31NO5S/c1-19-11-13-23(14-12-19)35(30,31)29-17-20(2)24(18-29)27(21-9-7-6-8-10-21)28-25(33-4)15-22(32-3)16-26(28)34-5/h6-16,24,27H,2,17-18H2,1,3-5H3/t24-,27-/m1/s1. The van der Waals surface area contributed by atoms with E-state index >= 15 is 0 Å². The molecule has 0 bridgehead atoms. The summed E-state index contributed by atoms with van der Waals surface area (Å²) in [4.78, 5) is 0.285. The van der Waals surface area contributed by atoms with Crippen LogP contribution in [0, 0.1) is 12.8 Å². The second kappa shape index (κ2) is 10.1. The van der Waals surface area contributed by atoms with Crippen LogP contribution in [0.1, 0.15) is 22.6 Å². The van der Waals surface area contributed by atoms with Crippen LogP contribution in [0.5, 0.6) is 17.2 Å². The van der Waals surface area contributed by atoms with Gasteiger partial charge in [0.1, 0.15) is 17.2 Å². The van der Waals surface area contributed by atoms with Gasteiger partial charge < -0.3 is 14.2 Å². The maximum absolute atomic E-state index is 13.5. The minimum absolute atomic E-state index is 0.186. The monoisotopic (exact) mass is 493 g/mol. The fraction of sp³-hybridized carbons (Fsp3) is 0.286. The van der Waals surface area contributed by atoms with Crippen LogP contribution in [-0.2, 0) is 10.0 Å². The molecule has 4 rings (SSSR count). The van der Waals surface area contributed by atoms with Crippen molar-refractivity contribution in [2.45, 2.75) is 17.7 Å². The van der Waals surface area contributed by atoms with Gasteiger partial charge in [0.2, 0.25) is 10.0 Å². The molecule has 184 valence electrons. The van der Waals surface area contributed by atoms with E-state index in [-0.39, 0.29) is 23.3 Å². The van der Waals surface area contributed by atoms with E-state index in [1.807, 2.05) is 61.5 Å². The number of ether oxygens (including phenoxy) is 3. The lowest BCUT2D eigenvalue weighted by molar-refractivity contribution is 0.359. The summed E-state index contributed by atoms with van der Waals surface area (Å²) < 4.78 is 45.5. The first kappa shape index (κ1) is 24.8. The SMILES string of the molecule is C=C1CN(S(=O)(=O)c2ccc(C)cc2)C[C@H]1[C@@H](c1ccccc1)c1c(OC)cc(OC)cc1OC. The summed E-state index contributed by atoms with van der Waals surface area (Å²) in [6.07, 6.45) is 0. The zero-order chi connectivity index (χ0) is 25.2. The van der Waals surface area contributed by atoms with Crippen LogP contribution in [0.25, 0.3) is 0 Å². The molecule has 0 N–H and O–H groups in total. The van der Waals surface area contributed by atoms with Crippen molar-refractivity contribution in [3.05, 3.63) is 95.6 Å². The van der Waals surface area contributed by atoms with Crippen LogP contribution in [0.2, 0.25) is 0 Å². The number of aryl methyl sites for hydroxylation is 1. The highest BCUT2D eigenvalue weighted by Crippen LogP contribution is 2.48. The highest BCUT2D eigenvalue weighted by Gasteiger charge is 2.41. The Morgan fingerprint density at radius 2 is 1.51 bits per heavy atom. The fourth-order valence-corrected chi connectivity index (χ4v) is 6.21. The lowest BCUT2D eigenvalue weighted by Crippen LogP contribution is -2.30. The maximum Gasteiger partial charge on any atom is 0.243 e. The van der Waals surface area contributed by atoms with E-state index in [0.717, 1.165) is 22.3 Å². The number of nitrogens with zero attached hydrogens (tertiary/aromatic N) is 1. The molecule has 0 unspecified atom stereocenters. The largest absolute Gasteiger partial charge is 0.496 e. The van der Waals surface area contributed by atoms with Gasteiger partial charge in [-0.15, -0.1) is 0 Å². The van der Waals surface area contributed by atoms with Gasteiger partial charge in [-0.1, -0.05) is 60.2 Å². The molecule has 3 aromatic rings. The van der Waals surface area contributed by atoms with Gasteiger partial charge in [-0.05, 0) is 24.6 Å². The van der Waals surface area contributed by atoms with E-state index in [0.29, 0.717) is 23.8 Å².